The van der Waals surface area contributed by atoms with Crippen molar-refractivity contribution in [1.82, 2.24) is 4.98 Å². The summed E-state index contributed by atoms with van der Waals surface area (Å²) in [6, 6.07) is 5.40. The number of nitrogens with two attached hydrogens (primary N) is 1. The molecule has 1 amide bonds. The van der Waals surface area contributed by atoms with Crippen molar-refractivity contribution in [2.75, 3.05) is 11.9 Å². The first-order chi connectivity index (χ1) is 10.1. The predicted molar refractivity (Wildman–Crippen MR) is 76.2 cm³/mol. The van der Waals surface area contributed by atoms with E-state index in [-0.39, 0.29) is 29.1 Å². The molecule has 4 N–H and O–H groups in total. The number of rotatable bonds is 2. The van der Waals surface area contributed by atoms with Crippen molar-refractivity contribution in [3.05, 3.63) is 53.6 Å². The molecule has 0 fully saturated rings. The molecule has 0 spiro atoms. The molecule has 0 unspecified atom stereocenters. The zero-order valence-electron chi connectivity index (χ0n) is 10.9. The van der Waals surface area contributed by atoms with Crippen LogP contribution in [-0.4, -0.2) is 22.5 Å². The Morgan fingerprint density at radius 2 is 2.19 bits per heavy atom. The van der Waals surface area contributed by atoms with Gasteiger partial charge < -0.3 is 16.2 Å². The first-order valence-electron chi connectivity index (χ1n) is 6.04. The van der Waals surface area contributed by atoms with E-state index in [9.17, 15) is 14.3 Å². The summed E-state index contributed by atoms with van der Waals surface area (Å²) < 4.78 is 13.7. The van der Waals surface area contributed by atoms with Crippen molar-refractivity contribution in [3.8, 4) is 17.6 Å². The molecule has 0 saturated heterocycles. The van der Waals surface area contributed by atoms with Gasteiger partial charge in [-0.2, -0.15) is 0 Å². The van der Waals surface area contributed by atoms with Crippen LogP contribution in [-0.2, 0) is 0 Å². The smallest absolute Gasteiger partial charge is 0.257 e. The van der Waals surface area contributed by atoms with Gasteiger partial charge in [0.15, 0.2) is 0 Å². The van der Waals surface area contributed by atoms with Gasteiger partial charge in [-0.25, -0.2) is 4.39 Å². The van der Waals surface area contributed by atoms with Crippen molar-refractivity contribution in [3.63, 3.8) is 0 Å². The lowest BCUT2D eigenvalue weighted by Gasteiger charge is -2.06. The predicted octanol–water partition coefficient (Wildman–Crippen LogP) is 1.49. The Kier molecular flexibility index (Phi) is 4.49. The number of aromatic nitrogens is 1. The molecular weight excluding hydrogens is 273 g/mol. The monoisotopic (exact) mass is 285 g/mol. The second-order valence-corrected chi connectivity index (χ2v) is 4.09. The van der Waals surface area contributed by atoms with E-state index in [1.807, 2.05) is 0 Å². The first kappa shape index (κ1) is 14.5. The maximum Gasteiger partial charge on any atom is 0.257 e. The van der Waals surface area contributed by atoms with Crippen LogP contribution in [0.4, 0.5) is 10.1 Å². The van der Waals surface area contributed by atoms with Crippen molar-refractivity contribution in [1.29, 1.82) is 0 Å². The standard InChI is InChI=1S/C15H12FN3O2/c16-14-7-12(4-3-10(14)2-1-5-17)19-15(21)11-6-13(20)9-18-8-11/h3-4,6-9,20H,5,17H2,(H,19,21). The minimum atomic E-state index is -0.553. The SMILES string of the molecule is NCC#Cc1ccc(NC(=O)c2cncc(O)c2)cc1F. The van der Waals surface area contributed by atoms with Crippen LogP contribution in [0.25, 0.3) is 0 Å². The summed E-state index contributed by atoms with van der Waals surface area (Å²) in [7, 11) is 0. The highest BCUT2D eigenvalue weighted by molar-refractivity contribution is 6.04. The van der Waals surface area contributed by atoms with Gasteiger partial charge in [0, 0.05) is 11.9 Å². The highest BCUT2D eigenvalue weighted by Crippen LogP contribution is 2.16. The van der Waals surface area contributed by atoms with E-state index in [2.05, 4.69) is 22.1 Å². The summed E-state index contributed by atoms with van der Waals surface area (Å²) in [5.74, 6) is 3.96. The lowest BCUT2D eigenvalue weighted by atomic mass is 10.2. The number of pyridine rings is 1. The van der Waals surface area contributed by atoms with Gasteiger partial charge in [0.05, 0.1) is 23.9 Å². The minimum absolute atomic E-state index is 0.124. The topological polar surface area (TPSA) is 88.2 Å². The second-order valence-electron chi connectivity index (χ2n) is 4.09. The number of hydrogen-bond acceptors (Lipinski definition) is 4. The van der Waals surface area contributed by atoms with E-state index in [1.54, 1.807) is 0 Å². The summed E-state index contributed by atoms with van der Waals surface area (Å²) in [6.45, 7) is 0.141. The van der Waals surface area contributed by atoms with Crippen molar-refractivity contribution in [2.24, 2.45) is 5.73 Å². The van der Waals surface area contributed by atoms with Crippen molar-refractivity contribution < 1.29 is 14.3 Å². The number of amides is 1. The number of hydrogen-bond donors (Lipinski definition) is 3. The Bertz CT molecular complexity index is 735. The molecule has 106 valence electrons. The summed E-state index contributed by atoms with van der Waals surface area (Å²) >= 11 is 0. The average Bonchev–Trinajstić information content (AvgIpc) is 2.46. The van der Waals surface area contributed by atoms with Gasteiger partial charge in [-0.3, -0.25) is 9.78 Å². The lowest BCUT2D eigenvalue weighted by Crippen LogP contribution is -2.12. The molecule has 0 aliphatic rings. The summed E-state index contributed by atoms with van der Waals surface area (Å²) in [5.41, 5.74) is 5.87. The number of carbonyl (C=O) groups excluding carboxylic acids is 1. The number of carbonyl (C=O) groups is 1. The molecule has 0 saturated carbocycles. The third-order valence-corrected chi connectivity index (χ3v) is 2.54. The molecule has 1 aromatic carbocycles. The third kappa shape index (κ3) is 3.78. The number of halogens is 1. The van der Waals surface area contributed by atoms with Gasteiger partial charge in [-0.1, -0.05) is 11.8 Å². The van der Waals surface area contributed by atoms with E-state index in [0.717, 1.165) is 6.07 Å². The van der Waals surface area contributed by atoms with Gasteiger partial charge >= 0.3 is 0 Å². The minimum Gasteiger partial charge on any atom is -0.506 e. The molecular formula is C15H12FN3O2. The molecule has 0 atom stereocenters. The fourth-order valence-electron chi connectivity index (χ4n) is 1.60. The van der Waals surface area contributed by atoms with Gasteiger partial charge in [0.25, 0.3) is 5.91 Å². The molecule has 21 heavy (non-hydrogen) atoms. The Hall–Kier alpha value is -2.91. The van der Waals surface area contributed by atoms with Gasteiger partial charge in [-0.05, 0) is 24.3 Å². The molecule has 2 aromatic rings. The van der Waals surface area contributed by atoms with Crippen LogP contribution in [0.3, 0.4) is 0 Å². The number of aromatic hydroxyl groups is 1. The molecule has 0 bridgehead atoms. The maximum absolute atomic E-state index is 13.7. The molecule has 6 heteroatoms. The summed E-state index contributed by atoms with van der Waals surface area (Å²) in [4.78, 5) is 15.6. The molecule has 1 aromatic heterocycles. The van der Waals surface area contributed by atoms with E-state index in [0.29, 0.717) is 0 Å². The van der Waals surface area contributed by atoms with Crippen LogP contribution >= 0.6 is 0 Å². The van der Waals surface area contributed by atoms with Crippen LogP contribution in [0, 0.1) is 17.7 Å². The summed E-state index contributed by atoms with van der Waals surface area (Å²) in [5, 5.41) is 11.8. The van der Waals surface area contributed by atoms with E-state index < -0.39 is 11.7 Å². The third-order valence-electron chi connectivity index (χ3n) is 2.54. The molecule has 1 heterocycles. The van der Waals surface area contributed by atoms with Crippen LogP contribution < -0.4 is 11.1 Å². The van der Waals surface area contributed by atoms with Crippen LogP contribution in [0.2, 0.25) is 0 Å². The second kappa shape index (κ2) is 6.50. The summed E-state index contributed by atoms with van der Waals surface area (Å²) in [6.07, 6.45) is 2.51. The Morgan fingerprint density at radius 3 is 2.86 bits per heavy atom. The normalized spacial score (nSPS) is 9.62. The molecule has 5 nitrogen and oxygen atoms in total. The Labute approximate surface area is 120 Å². The largest absolute Gasteiger partial charge is 0.506 e. The first-order valence-corrected chi connectivity index (χ1v) is 6.04. The number of nitrogens with one attached hydrogen (secondary N) is 1. The molecule has 0 aliphatic heterocycles. The van der Waals surface area contributed by atoms with Crippen LogP contribution in [0.15, 0.2) is 36.7 Å². The van der Waals surface area contributed by atoms with Gasteiger partial charge in [0.1, 0.15) is 11.6 Å². The Balaban J connectivity index is 2.17. The quantitative estimate of drug-likeness (QED) is 0.729. The van der Waals surface area contributed by atoms with Crippen LogP contribution in [0.5, 0.6) is 5.75 Å². The van der Waals surface area contributed by atoms with E-state index in [1.165, 1.54) is 30.6 Å². The lowest BCUT2D eigenvalue weighted by molar-refractivity contribution is 0.102. The fraction of sp³-hybridized carbons (Fsp3) is 0.0667. The average molecular weight is 285 g/mol. The zero-order chi connectivity index (χ0) is 15.2. The zero-order valence-corrected chi connectivity index (χ0v) is 10.9. The Morgan fingerprint density at radius 1 is 1.38 bits per heavy atom. The van der Waals surface area contributed by atoms with Crippen LogP contribution in [0.1, 0.15) is 15.9 Å². The van der Waals surface area contributed by atoms with Gasteiger partial charge in [-0.15, -0.1) is 0 Å². The maximum atomic E-state index is 13.7. The molecule has 0 radical (unpaired) electrons. The van der Waals surface area contributed by atoms with E-state index in [4.69, 9.17) is 5.73 Å². The van der Waals surface area contributed by atoms with Crippen molar-refractivity contribution >= 4 is 11.6 Å². The fourth-order valence-corrected chi connectivity index (χ4v) is 1.60. The number of benzene rings is 1. The highest BCUT2D eigenvalue weighted by Gasteiger charge is 2.09. The van der Waals surface area contributed by atoms with Gasteiger partial charge in [0.2, 0.25) is 0 Å². The van der Waals surface area contributed by atoms with Crippen molar-refractivity contribution in [2.45, 2.75) is 0 Å². The molecule has 2 rings (SSSR count). The van der Waals surface area contributed by atoms with E-state index >= 15 is 0 Å². The highest BCUT2D eigenvalue weighted by atomic mass is 19.1. The number of nitrogens with zero attached hydrogens (tertiary/aromatic N) is 1. The number of anilines is 1. The molecule has 0 aliphatic carbocycles.